The molecule has 1 rings (SSSR count). The molecule has 0 heterocycles. The summed E-state index contributed by atoms with van der Waals surface area (Å²) in [5, 5.41) is 9.71. The van der Waals surface area contributed by atoms with Crippen molar-refractivity contribution in [3.63, 3.8) is 0 Å². The van der Waals surface area contributed by atoms with Crippen molar-refractivity contribution >= 4 is 0 Å². The maximum absolute atomic E-state index is 9.71. The van der Waals surface area contributed by atoms with Crippen molar-refractivity contribution in [2.75, 3.05) is 13.2 Å². The van der Waals surface area contributed by atoms with Crippen molar-refractivity contribution in [2.45, 2.75) is 46.1 Å². The molecular weight excluding hydrogens is 224 g/mol. The highest BCUT2D eigenvalue weighted by Gasteiger charge is 2.28. The minimum atomic E-state index is -0.0289. The van der Waals surface area contributed by atoms with Gasteiger partial charge < -0.3 is 9.84 Å². The van der Waals surface area contributed by atoms with Crippen LogP contribution >= 0.6 is 0 Å². The molecule has 0 spiro atoms. The molecule has 0 amide bonds. The molecule has 2 nitrogen and oxygen atoms in total. The van der Waals surface area contributed by atoms with Gasteiger partial charge in [0, 0.05) is 0 Å². The van der Waals surface area contributed by atoms with Gasteiger partial charge in [0.1, 0.15) is 0 Å². The van der Waals surface area contributed by atoms with E-state index in [4.69, 9.17) is 4.74 Å². The molecule has 1 fully saturated rings. The average molecular weight is 254 g/mol. The van der Waals surface area contributed by atoms with Crippen molar-refractivity contribution < 1.29 is 9.84 Å². The topological polar surface area (TPSA) is 29.5 Å². The van der Waals surface area contributed by atoms with Crippen LogP contribution in [0.3, 0.4) is 0 Å². The highest BCUT2D eigenvalue weighted by Crippen LogP contribution is 2.33. The Balaban J connectivity index is 0.000000360. The van der Waals surface area contributed by atoms with Crippen LogP contribution in [-0.2, 0) is 4.74 Å². The smallest absolute Gasteiger partial charge is 0.0649 e. The number of aliphatic hydroxyl groups is 1. The van der Waals surface area contributed by atoms with Crippen molar-refractivity contribution in [1.82, 2.24) is 0 Å². The highest BCUT2D eigenvalue weighted by atomic mass is 16.5. The molecule has 0 radical (unpaired) electrons. The van der Waals surface area contributed by atoms with Crippen LogP contribution in [0.5, 0.6) is 0 Å². The first kappa shape index (κ1) is 17.4. The Morgan fingerprint density at radius 2 is 1.78 bits per heavy atom. The van der Waals surface area contributed by atoms with E-state index in [-0.39, 0.29) is 6.10 Å². The second kappa shape index (κ2) is 10.3. The third kappa shape index (κ3) is 7.67. The van der Waals surface area contributed by atoms with Gasteiger partial charge in [-0.15, -0.1) is 13.2 Å². The van der Waals surface area contributed by atoms with Crippen molar-refractivity contribution in [3.05, 3.63) is 25.3 Å². The Labute approximate surface area is 113 Å². The summed E-state index contributed by atoms with van der Waals surface area (Å²) in [6.07, 6.45) is 6.94. The third-order valence-corrected chi connectivity index (χ3v) is 3.46. The molecule has 106 valence electrons. The molecule has 1 aliphatic carbocycles. The van der Waals surface area contributed by atoms with Gasteiger partial charge in [0.2, 0.25) is 0 Å². The molecule has 0 aromatic carbocycles. The third-order valence-electron chi connectivity index (χ3n) is 3.46. The fraction of sp³-hybridized carbons (Fsp3) is 0.750. The summed E-state index contributed by atoms with van der Waals surface area (Å²) in [7, 11) is 0. The van der Waals surface area contributed by atoms with Crippen LogP contribution in [0.4, 0.5) is 0 Å². The Kier molecular flexibility index (Phi) is 9.99. The van der Waals surface area contributed by atoms with E-state index in [1.54, 1.807) is 12.2 Å². The Hall–Kier alpha value is -0.600. The molecule has 0 saturated heterocycles. The number of aliphatic hydroxyl groups excluding tert-OH is 1. The zero-order chi connectivity index (χ0) is 14.0. The van der Waals surface area contributed by atoms with Crippen molar-refractivity contribution in [2.24, 2.45) is 17.8 Å². The Morgan fingerprint density at radius 1 is 1.22 bits per heavy atom. The van der Waals surface area contributed by atoms with Gasteiger partial charge in [-0.2, -0.15) is 0 Å². The fourth-order valence-corrected chi connectivity index (χ4v) is 2.39. The number of hydrogen-bond donors (Lipinski definition) is 1. The van der Waals surface area contributed by atoms with E-state index < -0.39 is 0 Å². The lowest BCUT2D eigenvalue weighted by atomic mass is 9.75. The van der Waals surface area contributed by atoms with E-state index in [0.29, 0.717) is 25.0 Å². The minimum Gasteiger partial charge on any atom is -0.393 e. The number of ether oxygens (including phenoxy) is 1. The molecule has 2 heteroatoms. The summed E-state index contributed by atoms with van der Waals surface area (Å²) in [6.45, 7) is 14.8. The summed E-state index contributed by atoms with van der Waals surface area (Å²) in [6, 6.07) is 0. The van der Waals surface area contributed by atoms with E-state index in [1.807, 2.05) is 0 Å². The summed E-state index contributed by atoms with van der Waals surface area (Å²) < 4.78 is 4.90. The molecule has 0 aromatic rings. The van der Waals surface area contributed by atoms with Crippen LogP contribution in [0, 0.1) is 17.8 Å². The van der Waals surface area contributed by atoms with Gasteiger partial charge in [-0.05, 0) is 30.6 Å². The van der Waals surface area contributed by atoms with Crippen molar-refractivity contribution in [1.29, 1.82) is 0 Å². The zero-order valence-corrected chi connectivity index (χ0v) is 12.3. The predicted octanol–water partition coefficient (Wildman–Crippen LogP) is 3.81. The maximum atomic E-state index is 9.71. The second-order valence-corrected chi connectivity index (χ2v) is 5.51. The summed E-state index contributed by atoms with van der Waals surface area (Å²) in [5.41, 5.74) is 0. The van der Waals surface area contributed by atoms with Crippen LogP contribution in [0.1, 0.15) is 40.0 Å². The molecule has 0 bridgehead atoms. The van der Waals surface area contributed by atoms with Crippen LogP contribution in [-0.4, -0.2) is 24.4 Å². The van der Waals surface area contributed by atoms with Gasteiger partial charge in [0.25, 0.3) is 0 Å². The van der Waals surface area contributed by atoms with Crippen LogP contribution in [0.2, 0.25) is 0 Å². The molecule has 1 saturated carbocycles. The van der Waals surface area contributed by atoms with E-state index in [1.165, 1.54) is 12.8 Å². The molecule has 0 aliphatic heterocycles. The highest BCUT2D eigenvalue weighted by molar-refractivity contribution is 4.79. The first-order valence-electron chi connectivity index (χ1n) is 7.00. The quantitative estimate of drug-likeness (QED) is 0.597. The first-order chi connectivity index (χ1) is 8.52. The van der Waals surface area contributed by atoms with Crippen molar-refractivity contribution in [3.8, 4) is 0 Å². The predicted molar refractivity (Wildman–Crippen MR) is 78.6 cm³/mol. The first-order valence-corrected chi connectivity index (χ1v) is 7.00. The van der Waals surface area contributed by atoms with Gasteiger partial charge >= 0.3 is 0 Å². The monoisotopic (exact) mass is 254 g/mol. The summed E-state index contributed by atoms with van der Waals surface area (Å²) in [4.78, 5) is 0. The standard InChI is InChI=1S/C10H20O.C6H10O/c1-7(2)9-5-4-8(3)6-10(9)11;1-3-5-7-6-4-2/h7-11H,4-6H2,1-3H3;3-4H,1-2,5-6H2. The molecular formula is C16H30O2. The van der Waals surface area contributed by atoms with Crippen LogP contribution < -0.4 is 0 Å². The van der Waals surface area contributed by atoms with Gasteiger partial charge in [-0.3, -0.25) is 0 Å². The number of hydrogen-bond acceptors (Lipinski definition) is 2. The maximum Gasteiger partial charge on any atom is 0.0649 e. The Bertz CT molecular complexity index is 215. The Morgan fingerprint density at radius 3 is 2.17 bits per heavy atom. The van der Waals surface area contributed by atoms with Gasteiger partial charge in [0.15, 0.2) is 0 Å². The minimum absolute atomic E-state index is 0.0289. The van der Waals surface area contributed by atoms with E-state index in [9.17, 15) is 5.11 Å². The number of rotatable bonds is 5. The molecule has 18 heavy (non-hydrogen) atoms. The normalized spacial score (nSPS) is 27.3. The second-order valence-electron chi connectivity index (χ2n) is 5.51. The molecule has 3 unspecified atom stereocenters. The zero-order valence-electron chi connectivity index (χ0n) is 12.3. The van der Waals surface area contributed by atoms with E-state index in [0.717, 1.165) is 12.3 Å². The van der Waals surface area contributed by atoms with E-state index in [2.05, 4.69) is 33.9 Å². The summed E-state index contributed by atoms with van der Waals surface area (Å²) >= 11 is 0. The molecule has 1 N–H and O–H groups in total. The SMILES string of the molecule is C=CCOCC=C.CC1CCC(C(C)C)C(O)C1. The molecule has 1 aliphatic rings. The lowest BCUT2D eigenvalue weighted by Crippen LogP contribution is -2.31. The van der Waals surface area contributed by atoms with Gasteiger partial charge in [-0.25, -0.2) is 0 Å². The van der Waals surface area contributed by atoms with Crippen LogP contribution in [0.25, 0.3) is 0 Å². The van der Waals surface area contributed by atoms with Gasteiger partial charge in [0.05, 0.1) is 19.3 Å². The molecule has 3 atom stereocenters. The van der Waals surface area contributed by atoms with Gasteiger partial charge in [-0.1, -0.05) is 39.3 Å². The van der Waals surface area contributed by atoms with Crippen LogP contribution in [0.15, 0.2) is 25.3 Å². The lowest BCUT2D eigenvalue weighted by Gasteiger charge is -2.33. The average Bonchev–Trinajstić information content (AvgIpc) is 2.30. The molecule has 0 aromatic heterocycles. The summed E-state index contributed by atoms with van der Waals surface area (Å²) in [5.74, 6) is 1.95. The van der Waals surface area contributed by atoms with E-state index >= 15 is 0 Å². The lowest BCUT2D eigenvalue weighted by molar-refractivity contribution is 0.0266. The largest absolute Gasteiger partial charge is 0.393 e. The fourth-order valence-electron chi connectivity index (χ4n) is 2.39.